The van der Waals surface area contributed by atoms with E-state index in [0.29, 0.717) is 0 Å². The van der Waals surface area contributed by atoms with E-state index in [1.54, 1.807) is 0 Å². The molecule has 0 amide bonds. The molecule has 0 aromatic carbocycles. The van der Waals surface area contributed by atoms with Gasteiger partial charge in [-0.15, -0.1) is 0 Å². The van der Waals surface area contributed by atoms with Gasteiger partial charge < -0.3 is 0 Å². The highest BCUT2D eigenvalue weighted by molar-refractivity contribution is 8.00. The van der Waals surface area contributed by atoms with Crippen molar-refractivity contribution in [3.8, 4) is 0 Å². The fraction of sp³-hybridized carbons (Fsp3) is 1.00. The number of hydrogen-bond donors (Lipinski definition) is 0. The molecule has 0 aromatic rings. The molecule has 0 spiro atoms. The van der Waals surface area contributed by atoms with Crippen LogP contribution in [0.5, 0.6) is 0 Å². The van der Waals surface area contributed by atoms with Crippen molar-refractivity contribution in [1.82, 2.24) is 0 Å². The average molecular weight is 116 g/mol. The lowest BCUT2D eigenvalue weighted by molar-refractivity contribution is 0.759. The molecule has 1 atom stereocenters. The Kier molecular flexibility index (Phi) is 2.04. The van der Waals surface area contributed by atoms with E-state index in [1.807, 2.05) is 0 Å². The second-order valence-corrected chi connectivity index (χ2v) is 3.45. The summed E-state index contributed by atoms with van der Waals surface area (Å²) < 4.78 is 0. The van der Waals surface area contributed by atoms with Crippen molar-refractivity contribution in [3.63, 3.8) is 0 Å². The highest BCUT2D eigenvalue weighted by Gasteiger charge is 2.11. The maximum Gasteiger partial charge on any atom is 0.00447 e. The Bertz CT molecular complexity index is 46.1. The second-order valence-electron chi connectivity index (χ2n) is 2.04. The highest BCUT2D eigenvalue weighted by Crippen LogP contribution is 2.27. The van der Waals surface area contributed by atoms with E-state index >= 15 is 0 Å². The van der Waals surface area contributed by atoms with E-state index in [9.17, 15) is 0 Å². The van der Waals surface area contributed by atoms with Crippen molar-refractivity contribution in [3.05, 3.63) is 0 Å². The minimum absolute atomic E-state index is 1.01. The highest BCUT2D eigenvalue weighted by atomic mass is 32.2. The predicted octanol–water partition coefficient (Wildman–Crippen LogP) is 2.29. The van der Waals surface area contributed by atoms with Crippen LogP contribution in [0.2, 0.25) is 0 Å². The summed E-state index contributed by atoms with van der Waals surface area (Å²) in [4.78, 5) is 0. The van der Waals surface area contributed by atoms with Gasteiger partial charge in [-0.05, 0) is 25.0 Å². The standard InChI is InChI=1S/C6H12S/c1-2-6-4-3-5-7-6/h6H,2-5H2,1H3/t6-/m1/s1. The minimum Gasteiger partial charge on any atom is -0.159 e. The first-order valence-electron chi connectivity index (χ1n) is 3.05. The van der Waals surface area contributed by atoms with E-state index < -0.39 is 0 Å². The lowest BCUT2D eigenvalue weighted by atomic mass is 10.2. The van der Waals surface area contributed by atoms with Crippen molar-refractivity contribution < 1.29 is 0 Å². The van der Waals surface area contributed by atoms with Gasteiger partial charge in [0.15, 0.2) is 0 Å². The Balaban J connectivity index is 2.14. The molecular formula is C6H12S. The maximum absolute atomic E-state index is 2.28. The Morgan fingerprint density at radius 2 is 2.57 bits per heavy atom. The zero-order valence-electron chi connectivity index (χ0n) is 4.81. The molecule has 7 heavy (non-hydrogen) atoms. The number of rotatable bonds is 1. The Labute approximate surface area is 49.7 Å². The molecule has 0 aliphatic carbocycles. The van der Waals surface area contributed by atoms with Crippen LogP contribution in [0.15, 0.2) is 0 Å². The molecule has 0 bridgehead atoms. The summed E-state index contributed by atoms with van der Waals surface area (Å²) in [5.41, 5.74) is 0. The fourth-order valence-corrected chi connectivity index (χ4v) is 2.20. The van der Waals surface area contributed by atoms with Gasteiger partial charge in [0.1, 0.15) is 0 Å². The van der Waals surface area contributed by atoms with Crippen molar-refractivity contribution in [2.75, 3.05) is 5.75 Å². The van der Waals surface area contributed by atoms with Gasteiger partial charge in [0, 0.05) is 5.25 Å². The lowest BCUT2D eigenvalue weighted by Gasteiger charge is -1.99. The molecule has 0 unspecified atom stereocenters. The van der Waals surface area contributed by atoms with Crippen LogP contribution >= 0.6 is 11.8 Å². The first-order valence-corrected chi connectivity index (χ1v) is 4.10. The second kappa shape index (κ2) is 2.61. The van der Waals surface area contributed by atoms with Gasteiger partial charge in [0.25, 0.3) is 0 Å². The lowest BCUT2D eigenvalue weighted by Crippen LogP contribution is -1.90. The van der Waals surface area contributed by atoms with E-state index in [2.05, 4.69) is 18.7 Å². The summed E-state index contributed by atoms with van der Waals surface area (Å²) in [5, 5.41) is 1.01. The van der Waals surface area contributed by atoms with Gasteiger partial charge in [-0.2, -0.15) is 11.8 Å². The maximum atomic E-state index is 2.28. The molecule has 0 nitrogen and oxygen atoms in total. The van der Waals surface area contributed by atoms with Crippen molar-refractivity contribution in [2.24, 2.45) is 0 Å². The van der Waals surface area contributed by atoms with Crippen LogP contribution in [-0.2, 0) is 0 Å². The molecule has 1 heteroatoms. The molecule has 0 N–H and O–H groups in total. The van der Waals surface area contributed by atoms with Crippen LogP contribution in [0.4, 0.5) is 0 Å². The normalized spacial score (nSPS) is 31.3. The molecule has 0 radical (unpaired) electrons. The third-order valence-corrected chi connectivity index (χ3v) is 3.04. The molecule has 1 rings (SSSR count). The third-order valence-electron chi connectivity index (χ3n) is 1.48. The Morgan fingerprint density at radius 1 is 1.71 bits per heavy atom. The average Bonchev–Trinajstić information content (AvgIpc) is 2.14. The SMILES string of the molecule is CC[C@@H]1CCCS1. The van der Waals surface area contributed by atoms with Crippen LogP contribution in [0.1, 0.15) is 26.2 Å². The first-order chi connectivity index (χ1) is 3.43. The number of thioether (sulfide) groups is 1. The summed E-state index contributed by atoms with van der Waals surface area (Å²) in [5.74, 6) is 1.42. The van der Waals surface area contributed by atoms with Gasteiger partial charge >= 0.3 is 0 Å². The van der Waals surface area contributed by atoms with Crippen molar-refractivity contribution in [1.29, 1.82) is 0 Å². The Hall–Kier alpha value is 0.350. The monoisotopic (exact) mass is 116 g/mol. The summed E-state index contributed by atoms with van der Waals surface area (Å²) in [6.45, 7) is 2.28. The van der Waals surface area contributed by atoms with E-state index in [1.165, 1.54) is 25.0 Å². The summed E-state index contributed by atoms with van der Waals surface area (Å²) >= 11 is 2.14. The van der Waals surface area contributed by atoms with Crippen molar-refractivity contribution >= 4 is 11.8 Å². The zero-order chi connectivity index (χ0) is 5.11. The van der Waals surface area contributed by atoms with E-state index in [4.69, 9.17) is 0 Å². The summed E-state index contributed by atoms with van der Waals surface area (Å²) in [6, 6.07) is 0. The summed E-state index contributed by atoms with van der Waals surface area (Å²) in [7, 11) is 0. The molecule has 1 fully saturated rings. The molecule has 1 aliphatic rings. The van der Waals surface area contributed by atoms with Gasteiger partial charge in [-0.1, -0.05) is 6.92 Å². The molecule has 1 aliphatic heterocycles. The van der Waals surface area contributed by atoms with Crippen LogP contribution in [0.25, 0.3) is 0 Å². The quantitative estimate of drug-likeness (QED) is 0.506. The molecule has 1 heterocycles. The third kappa shape index (κ3) is 1.37. The van der Waals surface area contributed by atoms with Crippen LogP contribution < -0.4 is 0 Å². The van der Waals surface area contributed by atoms with E-state index in [-0.39, 0.29) is 0 Å². The molecule has 0 aromatic heterocycles. The Morgan fingerprint density at radius 3 is 2.86 bits per heavy atom. The topological polar surface area (TPSA) is 0 Å². The van der Waals surface area contributed by atoms with Gasteiger partial charge in [-0.25, -0.2) is 0 Å². The molecular weight excluding hydrogens is 104 g/mol. The first kappa shape index (κ1) is 5.49. The van der Waals surface area contributed by atoms with Gasteiger partial charge in [0.05, 0.1) is 0 Å². The largest absolute Gasteiger partial charge is 0.159 e. The van der Waals surface area contributed by atoms with E-state index in [0.717, 1.165) is 5.25 Å². The summed E-state index contributed by atoms with van der Waals surface area (Å²) in [6.07, 6.45) is 4.31. The molecule has 0 saturated carbocycles. The fourth-order valence-electron chi connectivity index (χ4n) is 0.966. The van der Waals surface area contributed by atoms with Gasteiger partial charge in [0.2, 0.25) is 0 Å². The predicted molar refractivity (Wildman–Crippen MR) is 35.8 cm³/mol. The van der Waals surface area contributed by atoms with Crippen LogP contribution in [0.3, 0.4) is 0 Å². The smallest absolute Gasteiger partial charge is 0.00447 e. The van der Waals surface area contributed by atoms with Crippen LogP contribution in [0, 0.1) is 0 Å². The van der Waals surface area contributed by atoms with Crippen LogP contribution in [-0.4, -0.2) is 11.0 Å². The number of hydrogen-bond acceptors (Lipinski definition) is 1. The zero-order valence-corrected chi connectivity index (χ0v) is 5.63. The molecule has 42 valence electrons. The van der Waals surface area contributed by atoms with Crippen molar-refractivity contribution in [2.45, 2.75) is 31.4 Å². The van der Waals surface area contributed by atoms with Gasteiger partial charge in [-0.3, -0.25) is 0 Å². The molecule has 1 saturated heterocycles. The minimum atomic E-state index is 1.01.